The number of aryl methyl sites for hydroxylation is 2. The van der Waals surface area contributed by atoms with Crippen molar-refractivity contribution in [3.63, 3.8) is 0 Å². The van der Waals surface area contributed by atoms with Crippen LogP contribution < -0.4 is 5.43 Å². The molecule has 3 aromatic rings. The van der Waals surface area contributed by atoms with Gasteiger partial charge in [0.25, 0.3) is 5.91 Å². The van der Waals surface area contributed by atoms with Gasteiger partial charge in [0.2, 0.25) is 5.43 Å². The number of amides is 1. The number of piperidine rings is 1. The Morgan fingerprint density at radius 1 is 1.10 bits per heavy atom. The molecule has 0 saturated carbocycles. The Kier molecular flexibility index (Phi) is 4.22. The lowest BCUT2D eigenvalue weighted by Crippen LogP contribution is -2.48. The second-order valence-electron chi connectivity index (χ2n) is 8.05. The molecule has 0 aliphatic carbocycles. The van der Waals surface area contributed by atoms with Gasteiger partial charge in [-0.05, 0) is 51.7 Å². The van der Waals surface area contributed by atoms with Gasteiger partial charge in [-0.2, -0.15) is 15.0 Å². The maximum atomic E-state index is 13.5. The second-order valence-corrected chi connectivity index (χ2v) is 8.05. The van der Waals surface area contributed by atoms with E-state index >= 15 is 0 Å². The summed E-state index contributed by atoms with van der Waals surface area (Å²) in [7, 11) is 0. The Bertz CT molecular complexity index is 1120. The first kappa shape index (κ1) is 18.0. The van der Waals surface area contributed by atoms with E-state index in [1.165, 1.54) is 0 Å². The average Bonchev–Trinajstić information content (AvgIpc) is 3.34. The van der Waals surface area contributed by atoms with Crippen molar-refractivity contribution < 1.29 is 4.79 Å². The lowest BCUT2D eigenvalue weighted by molar-refractivity contribution is 0.0510. The topological polar surface area (TPSA) is 85.9 Å². The maximum absolute atomic E-state index is 13.5. The number of aromatic nitrogens is 5. The molecule has 0 radical (unpaired) electrons. The summed E-state index contributed by atoms with van der Waals surface area (Å²) in [5.41, 5.74) is 1.51. The van der Waals surface area contributed by atoms with Crippen molar-refractivity contribution in [3.8, 4) is 0 Å². The van der Waals surface area contributed by atoms with Crippen LogP contribution in [0, 0.1) is 6.92 Å². The van der Waals surface area contributed by atoms with Gasteiger partial charge in [0.1, 0.15) is 11.2 Å². The smallest absolute Gasteiger partial charge is 0.259 e. The van der Waals surface area contributed by atoms with Gasteiger partial charge < -0.3 is 9.47 Å². The number of carbonyl (C=O) groups is 1. The Labute approximate surface area is 168 Å². The van der Waals surface area contributed by atoms with E-state index in [-0.39, 0.29) is 35.0 Å². The van der Waals surface area contributed by atoms with E-state index in [1.807, 2.05) is 29.4 Å². The quantitative estimate of drug-likeness (QED) is 0.683. The minimum atomic E-state index is -0.225. The minimum absolute atomic E-state index is 0.124. The molecule has 2 saturated heterocycles. The number of fused-ring (bicyclic) bond motifs is 3. The fourth-order valence-electron chi connectivity index (χ4n) is 4.98. The zero-order chi connectivity index (χ0) is 20.1. The molecule has 2 fully saturated rings. The first-order chi connectivity index (χ1) is 14.1. The third-order valence-electron chi connectivity index (χ3n) is 6.34. The Hall–Kier alpha value is -3.03. The Morgan fingerprint density at radius 2 is 1.79 bits per heavy atom. The molecule has 0 N–H and O–H groups in total. The standard InChI is InChI=1S/C21H24N6O2/c1-3-25-12-18(19(28)17-7-4-13(2)24-20(17)25)21(29)26-14-5-6-15(26)11-16(10-14)27-22-8-9-23-27/h4,7-9,12,14-16H,3,5-6,10-11H2,1-2H3. The molecule has 5 heterocycles. The predicted molar refractivity (Wildman–Crippen MR) is 108 cm³/mol. The van der Waals surface area contributed by atoms with Gasteiger partial charge in [-0.3, -0.25) is 9.59 Å². The van der Waals surface area contributed by atoms with Crippen LogP contribution in [0.25, 0.3) is 11.0 Å². The SMILES string of the molecule is CCn1cc(C(=O)N2C3CCC2CC(n2nccn2)C3)c(=O)c2ccc(C)nc21. The first-order valence-electron chi connectivity index (χ1n) is 10.3. The van der Waals surface area contributed by atoms with Crippen LogP contribution in [-0.2, 0) is 6.54 Å². The summed E-state index contributed by atoms with van der Waals surface area (Å²) in [6, 6.07) is 4.07. The van der Waals surface area contributed by atoms with Crippen LogP contribution in [0.2, 0.25) is 0 Å². The van der Waals surface area contributed by atoms with E-state index in [0.717, 1.165) is 31.4 Å². The molecule has 8 heteroatoms. The molecule has 5 rings (SSSR count). The molecule has 3 aromatic heterocycles. The molecule has 2 aliphatic heterocycles. The number of pyridine rings is 2. The third kappa shape index (κ3) is 2.85. The number of carbonyl (C=O) groups excluding carboxylic acids is 1. The highest BCUT2D eigenvalue weighted by atomic mass is 16.2. The van der Waals surface area contributed by atoms with Gasteiger partial charge in [-0.1, -0.05) is 0 Å². The van der Waals surface area contributed by atoms with Gasteiger partial charge in [0, 0.05) is 30.5 Å². The van der Waals surface area contributed by atoms with Gasteiger partial charge in [0.05, 0.1) is 23.8 Å². The zero-order valence-corrected chi connectivity index (χ0v) is 16.7. The molecular formula is C21H24N6O2. The summed E-state index contributed by atoms with van der Waals surface area (Å²) in [6.45, 7) is 4.54. The van der Waals surface area contributed by atoms with Crippen molar-refractivity contribution in [2.45, 2.75) is 64.2 Å². The van der Waals surface area contributed by atoms with Crippen LogP contribution in [0.1, 0.15) is 54.7 Å². The van der Waals surface area contributed by atoms with Crippen molar-refractivity contribution in [2.24, 2.45) is 0 Å². The van der Waals surface area contributed by atoms with Crippen molar-refractivity contribution >= 4 is 16.9 Å². The van der Waals surface area contributed by atoms with Crippen LogP contribution >= 0.6 is 0 Å². The Morgan fingerprint density at radius 3 is 2.45 bits per heavy atom. The number of nitrogens with zero attached hydrogens (tertiary/aromatic N) is 6. The van der Waals surface area contributed by atoms with Gasteiger partial charge in [-0.25, -0.2) is 4.98 Å². The van der Waals surface area contributed by atoms with Crippen LogP contribution in [0.15, 0.2) is 35.5 Å². The highest BCUT2D eigenvalue weighted by Gasteiger charge is 2.45. The third-order valence-corrected chi connectivity index (χ3v) is 6.34. The zero-order valence-electron chi connectivity index (χ0n) is 16.7. The average molecular weight is 392 g/mol. The van der Waals surface area contributed by atoms with Gasteiger partial charge in [0.15, 0.2) is 0 Å². The van der Waals surface area contributed by atoms with Crippen molar-refractivity contribution in [2.75, 3.05) is 0 Å². The summed E-state index contributed by atoms with van der Waals surface area (Å²) in [6.07, 6.45) is 8.66. The highest BCUT2D eigenvalue weighted by Crippen LogP contribution is 2.40. The number of rotatable bonds is 3. The van der Waals surface area contributed by atoms with Crippen LogP contribution in [0.4, 0.5) is 0 Å². The number of hydrogen-bond donors (Lipinski definition) is 0. The molecule has 1 amide bonds. The molecular weight excluding hydrogens is 368 g/mol. The fourth-order valence-corrected chi connectivity index (χ4v) is 4.98. The highest BCUT2D eigenvalue weighted by molar-refractivity contribution is 5.97. The second kappa shape index (κ2) is 6.79. The molecule has 0 spiro atoms. The van der Waals surface area contributed by atoms with Crippen molar-refractivity contribution in [3.05, 3.63) is 52.2 Å². The van der Waals surface area contributed by atoms with Crippen LogP contribution in [-0.4, -0.2) is 47.4 Å². The molecule has 8 nitrogen and oxygen atoms in total. The van der Waals surface area contributed by atoms with Gasteiger partial charge >= 0.3 is 0 Å². The van der Waals surface area contributed by atoms with E-state index in [2.05, 4.69) is 15.2 Å². The predicted octanol–water partition coefficient (Wildman–Crippen LogP) is 2.32. The molecule has 2 bridgehead atoms. The molecule has 29 heavy (non-hydrogen) atoms. The maximum Gasteiger partial charge on any atom is 0.259 e. The summed E-state index contributed by atoms with van der Waals surface area (Å²) >= 11 is 0. The van der Waals surface area contributed by atoms with E-state index in [4.69, 9.17) is 0 Å². The summed E-state index contributed by atoms with van der Waals surface area (Å²) in [5, 5.41) is 9.07. The minimum Gasteiger partial charge on any atom is -0.332 e. The van der Waals surface area contributed by atoms with E-state index in [9.17, 15) is 9.59 Å². The number of hydrogen-bond acceptors (Lipinski definition) is 5. The lowest BCUT2D eigenvalue weighted by atomic mass is 9.96. The van der Waals surface area contributed by atoms with E-state index in [0.29, 0.717) is 17.6 Å². The first-order valence-corrected chi connectivity index (χ1v) is 10.3. The molecule has 2 atom stereocenters. The van der Waals surface area contributed by atoms with Crippen LogP contribution in [0.3, 0.4) is 0 Å². The lowest BCUT2D eigenvalue weighted by Gasteiger charge is -2.38. The van der Waals surface area contributed by atoms with Crippen molar-refractivity contribution in [1.29, 1.82) is 0 Å². The molecule has 2 aliphatic rings. The van der Waals surface area contributed by atoms with E-state index in [1.54, 1.807) is 29.5 Å². The summed E-state index contributed by atoms with van der Waals surface area (Å²) < 4.78 is 1.90. The fraction of sp³-hybridized carbons (Fsp3) is 0.476. The Balaban J connectivity index is 1.52. The molecule has 0 aromatic carbocycles. The van der Waals surface area contributed by atoms with Crippen molar-refractivity contribution in [1.82, 2.24) is 29.4 Å². The monoisotopic (exact) mass is 392 g/mol. The molecule has 150 valence electrons. The summed E-state index contributed by atoms with van der Waals surface area (Å²) in [4.78, 5) is 34.9. The van der Waals surface area contributed by atoms with Crippen LogP contribution in [0.5, 0.6) is 0 Å². The largest absolute Gasteiger partial charge is 0.332 e. The normalized spacial score (nSPS) is 23.7. The summed E-state index contributed by atoms with van der Waals surface area (Å²) in [5.74, 6) is -0.154. The molecule has 2 unspecified atom stereocenters. The van der Waals surface area contributed by atoms with Gasteiger partial charge in [-0.15, -0.1) is 0 Å². The van der Waals surface area contributed by atoms with E-state index < -0.39 is 0 Å².